The molecular weight excluding hydrogens is 128 g/mol. The Morgan fingerprint density at radius 2 is 2.71 bits per heavy atom. The van der Waals surface area contributed by atoms with Gasteiger partial charge in [-0.25, -0.2) is 0 Å². The zero-order chi connectivity index (χ0) is 5.28. The molecule has 0 aliphatic carbocycles. The predicted molar refractivity (Wildman–Crippen MR) is 35.0 cm³/mol. The largest absolute Gasteiger partial charge is 0.264 e. The summed E-state index contributed by atoms with van der Waals surface area (Å²) >= 11 is 6.26. The van der Waals surface area contributed by atoms with Gasteiger partial charge in [-0.15, -0.1) is 0 Å². The molecule has 1 aliphatic heterocycles. The molecule has 0 saturated heterocycles. The van der Waals surface area contributed by atoms with Gasteiger partial charge < -0.3 is 0 Å². The summed E-state index contributed by atoms with van der Waals surface area (Å²) in [5, 5.41) is 0. The number of hydrogen-bond acceptors (Lipinski definition) is 3. The van der Waals surface area contributed by atoms with Gasteiger partial charge in [0, 0.05) is 12.8 Å². The fraction of sp³-hybridized carbons (Fsp3) is 0.667. The summed E-state index contributed by atoms with van der Waals surface area (Å²) in [6.07, 6.45) is 0.194. The molecule has 0 aromatic carbocycles. The van der Waals surface area contributed by atoms with Gasteiger partial charge >= 0.3 is 0 Å². The second-order valence-electron chi connectivity index (χ2n) is 1.28. The highest BCUT2D eigenvalue weighted by Crippen LogP contribution is 2.20. The molecule has 0 fully saturated rings. The van der Waals surface area contributed by atoms with Crippen LogP contribution in [0.3, 0.4) is 0 Å². The fourth-order valence-corrected chi connectivity index (χ4v) is 1.03. The van der Waals surface area contributed by atoms with Crippen LogP contribution in [0.25, 0.3) is 0 Å². The van der Waals surface area contributed by atoms with Crippen LogP contribution < -0.4 is 0 Å². The first-order valence-electron chi connectivity index (χ1n) is 1.95. The highest BCUT2D eigenvalue weighted by Gasteiger charge is 2.12. The SMILES string of the molecule is CC1N=CSN1[S]. The first-order valence-corrected chi connectivity index (χ1v) is 3.15. The van der Waals surface area contributed by atoms with Crippen molar-refractivity contribution in [1.29, 1.82) is 0 Å². The molecule has 0 N–H and O–H groups in total. The van der Waals surface area contributed by atoms with Crippen LogP contribution in [0.15, 0.2) is 4.99 Å². The topological polar surface area (TPSA) is 15.6 Å². The van der Waals surface area contributed by atoms with E-state index in [1.807, 2.05) is 6.92 Å². The number of hydrogen-bond donors (Lipinski definition) is 0. The Hall–Kier alpha value is 0.330. The van der Waals surface area contributed by atoms with E-state index in [1.54, 1.807) is 9.26 Å². The van der Waals surface area contributed by atoms with Gasteiger partial charge in [0.05, 0.1) is 5.55 Å². The molecule has 0 aromatic rings. The van der Waals surface area contributed by atoms with Gasteiger partial charge in [0.15, 0.2) is 0 Å². The van der Waals surface area contributed by atoms with Crippen molar-refractivity contribution >= 4 is 30.3 Å². The molecule has 0 saturated carbocycles. The van der Waals surface area contributed by atoms with Crippen LogP contribution in [0.2, 0.25) is 0 Å². The molecule has 39 valence electrons. The summed E-state index contributed by atoms with van der Waals surface area (Å²) in [6, 6.07) is 0. The Morgan fingerprint density at radius 3 is 2.86 bits per heavy atom. The number of rotatable bonds is 0. The fourth-order valence-electron chi connectivity index (χ4n) is 0.304. The van der Waals surface area contributed by atoms with Crippen molar-refractivity contribution in [1.82, 2.24) is 3.71 Å². The Balaban J connectivity index is 2.45. The van der Waals surface area contributed by atoms with Gasteiger partial charge in [0.2, 0.25) is 0 Å². The Bertz CT molecular complexity index is 92.9. The second-order valence-corrected chi connectivity index (χ2v) is 2.72. The smallest absolute Gasteiger partial charge is 0.120 e. The lowest BCUT2D eigenvalue weighted by atomic mass is 10.6. The predicted octanol–water partition coefficient (Wildman–Crippen LogP) is 1.44. The quantitative estimate of drug-likeness (QED) is 0.465. The minimum Gasteiger partial charge on any atom is -0.264 e. The maximum Gasteiger partial charge on any atom is 0.120 e. The second kappa shape index (κ2) is 2.07. The van der Waals surface area contributed by atoms with E-state index in [4.69, 9.17) is 12.8 Å². The van der Waals surface area contributed by atoms with E-state index in [2.05, 4.69) is 4.99 Å². The number of aliphatic imine (C=N–C) groups is 1. The molecule has 0 amide bonds. The average Bonchev–Trinajstić information content (AvgIpc) is 1.91. The van der Waals surface area contributed by atoms with Crippen LogP contribution in [0.4, 0.5) is 0 Å². The minimum absolute atomic E-state index is 0.194. The van der Waals surface area contributed by atoms with Crippen LogP contribution in [0.1, 0.15) is 6.92 Å². The molecule has 1 unspecified atom stereocenters. The van der Waals surface area contributed by atoms with Gasteiger partial charge in [-0.3, -0.25) is 4.99 Å². The molecular formula is C3H5N2S2. The minimum atomic E-state index is 0.194. The summed E-state index contributed by atoms with van der Waals surface area (Å²) in [7, 11) is 0. The summed E-state index contributed by atoms with van der Waals surface area (Å²) < 4.78 is 1.68. The van der Waals surface area contributed by atoms with Gasteiger partial charge in [-0.2, -0.15) is 3.71 Å². The zero-order valence-electron chi connectivity index (χ0n) is 3.87. The third kappa shape index (κ3) is 1.11. The molecule has 1 rings (SSSR count). The molecule has 0 spiro atoms. The van der Waals surface area contributed by atoms with Crippen LogP contribution in [-0.4, -0.2) is 15.4 Å². The lowest BCUT2D eigenvalue weighted by Crippen LogP contribution is -2.08. The lowest BCUT2D eigenvalue weighted by molar-refractivity contribution is 0.599. The summed E-state index contributed by atoms with van der Waals surface area (Å²) in [4.78, 5) is 3.98. The molecule has 1 heterocycles. The molecule has 1 atom stereocenters. The zero-order valence-corrected chi connectivity index (χ0v) is 5.50. The first-order chi connectivity index (χ1) is 3.30. The van der Waals surface area contributed by atoms with Crippen molar-refractivity contribution in [3.05, 3.63) is 0 Å². The first kappa shape index (κ1) is 5.47. The van der Waals surface area contributed by atoms with E-state index in [-0.39, 0.29) is 6.17 Å². The van der Waals surface area contributed by atoms with Crippen molar-refractivity contribution in [3.63, 3.8) is 0 Å². The average molecular weight is 133 g/mol. The van der Waals surface area contributed by atoms with Gasteiger partial charge in [0.1, 0.15) is 6.17 Å². The van der Waals surface area contributed by atoms with E-state index in [9.17, 15) is 0 Å². The third-order valence-electron chi connectivity index (χ3n) is 0.733. The Kier molecular flexibility index (Phi) is 1.61. The highest BCUT2D eigenvalue weighted by molar-refractivity contribution is 8.15. The normalized spacial score (nSPS) is 32.0. The van der Waals surface area contributed by atoms with Crippen molar-refractivity contribution in [2.45, 2.75) is 13.1 Å². The Morgan fingerprint density at radius 1 is 2.00 bits per heavy atom. The molecule has 4 heteroatoms. The van der Waals surface area contributed by atoms with Crippen molar-refractivity contribution in [2.24, 2.45) is 4.99 Å². The molecule has 2 nitrogen and oxygen atoms in total. The summed E-state index contributed by atoms with van der Waals surface area (Å²) in [5.41, 5.74) is 1.76. The molecule has 0 bridgehead atoms. The standard InChI is InChI=1S/C3H5N2S2/c1-3-4-2-7-5(3)6/h2-3H,1H3. The van der Waals surface area contributed by atoms with Crippen LogP contribution >= 0.6 is 24.8 Å². The molecule has 1 aliphatic rings. The molecule has 0 aromatic heterocycles. The van der Waals surface area contributed by atoms with E-state index in [1.165, 1.54) is 11.9 Å². The monoisotopic (exact) mass is 133 g/mol. The lowest BCUT2D eigenvalue weighted by Gasteiger charge is -2.05. The molecule has 1 radical (unpaired) electrons. The van der Waals surface area contributed by atoms with Crippen molar-refractivity contribution in [2.75, 3.05) is 0 Å². The highest BCUT2D eigenvalue weighted by atomic mass is 32.2. The maximum atomic E-state index is 4.80. The van der Waals surface area contributed by atoms with Crippen LogP contribution in [-0.2, 0) is 0 Å². The van der Waals surface area contributed by atoms with Crippen LogP contribution in [0.5, 0.6) is 0 Å². The van der Waals surface area contributed by atoms with E-state index in [0.717, 1.165) is 0 Å². The number of nitrogens with zero attached hydrogens (tertiary/aromatic N) is 2. The van der Waals surface area contributed by atoms with E-state index in [0.29, 0.717) is 0 Å². The summed E-state index contributed by atoms with van der Waals surface area (Å²) in [6.45, 7) is 1.96. The van der Waals surface area contributed by atoms with Crippen molar-refractivity contribution < 1.29 is 0 Å². The van der Waals surface area contributed by atoms with E-state index < -0.39 is 0 Å². The van der Waals surface area contributed by atoms with Gasteiger partial charge in [0.25, 0.3) is 0 Å². The van der Waals surface area contributed by atoms with Crippen molar-refractivity contribution in [3.8, 4) is 0 Å². The van der Waals surface area contributed by atoms with Gasteiger partial charge in [-0.1, -0.05) is 0 Å². The summed E-state index contributed by atoms with van der Waals surface area (Å²) in [5.74, 6) is 0. The molecule has 7 heavy (non-hydrogen) atoms. The van der Waals surface area contributed by atoms with Crippen LogP contribution in [0, 0.1) is 0 Å². The maximum absolute atomic E-state index is 4.80. The van der Waals surface area contributed by atoms with Gasteiger partial charge in [-0.05, 0) is 18.9 Å². The Labute approximate surface area is 52.7 Å². The van der Waals surface area contributed by atoms with E-state index >= 15 is 0 Å². The third-order valence-corrected chi connectivity index (χ3v) is 2.02.